The molecule has 1 saturated heterocycles. The quantitative estimate of drug-likeness (QED) is 0.558. The van der Waals surface area contributed by atoms with Gasteiger partial charge in [0.25, 0.3) is 0 Å². The van der Waals surface area contributed by atoms with Gasteiger partial charge in [0.15, 0.2) is 11.5 Å². The number of rotatable bonds is 4. The van der Waals surface area contributed by atoms with Gasteiger partial charge < -0.3 is 14.4 Å². The predicted octanol–water partition coefficient (Wildman–Crippen LogP) is 3.50. The van der Waals surface area contributed by atoms with E-state index in [0.29, 0.717) is 14.5 Å². The van der Waals surface area contributed by atoms with Gasteiger partial charge in [-0.1, -0.05) is 18.2 Å². The molecule has 1 N–H and O–H groups in total. The molecule has 0 bridgehead atoms. The van der Waals surface area contributed by atoms with Gasteiger partial charge in [0.05, 0.1) is 20.9 Å². The highest BCUT2D eigenvalue weighted by Gasteiger charge is 2.29. The van der Waals surface area contributed by atoms with E-state index in [0.717, 1.165) is 47.4 Å². The lowest BCUT2D eigenvalue weighted by Gasteiger charge is -2.25. The fourth-order valence-electron chi connectivity index (χ4n) is 3.40. The van der Waals surface area contributed by atoms with Crippen molar-refractivity contribution in [1.82, 2.24) is 24.9 Å². The summed E-state index contributed by atoms with van der Waals surface area (Å²) in [5.41, 5.74) is 2.49. The minimum absolute atomic E-state index is 0.287. The van der Waals surface area contributed by atoms with E-state index in [1.165, 1.54) is 0 Å². The maximum absolute atomic E-state index is 6.20. The van der Waals surface area contributed by atoms with Crippen LogP contribution in [0.1, 0.15) is 12.8 Å². The molecule has 8 heteroatoms. The number of pyridine rings is 1. The summed E-state index contributed by atoms with van der Waals surface area (Å²) in [6.45, 7) is 0.958. The fraction of sp³-hybridized carbons (Fsp3) is 0.222. The summed E-state index contributed by atoms with van der Waals surface area (Å²) < 4.78 is 6.20. The molecule has 1 fully saturated rings. The van der Waals surface area contributed by atoms with Gasteiger partial charge in [0.1, 0.15) is 23.1 Å². The molecular weight excluding hydrogens is 347 g/mol. The molecule has 0 radical (unpaired) electrons. The summed E-state index contributed by atoms with van der Waals surface area (Å²) in [4.78, 5) is 22.9. The highest BCUT2D eigenvalue weighted by Crippen LogP contribution is 2.39. The largest absolute Gasteiger partial charge is 0.473 e. The zero-order valence-electron chi connectivity index (χ0n) is 14.0. The summed E-state index contributed by atoms with van der Waals surface area (Å²) in [6.07, 6.45) is 7.24. The number of H-pyrrole nitrogens is 1. The average molecular weight is 364 g/mol. The Hall–Kier alpha value is -2.79. The Morgan fingerprint density at radius 1 is 1.12 bits per heavy atom. The number of aromatic nitrogens is 5. The molecule has 2 atom stereocenters. The van der Waals surface area contributed by atoms with Gasteiger partial charge in [-0.2, -0.15) is 0 Å². The molecule has 4 heterocycles. The number of hydrogen-bond acceptors (Lipinski definition) is 6. The summed E-state index contributed by atoms with van der Waals surface area (Å²) in [6, 6.07) is 10.0. The lowest BCUT2D eigenvalue weighted by Crippen LogP contribution is -2.27. The van der Waals surface area contributed by atoms with E-state index in [-0.39, 0.29) is 5.78 Å². The molecule has 4 aromatic rings. The topological polar surface area (TPSA) is 79.8 Å². The van der Waals surface area contributed by atoms with Crippen LogP contribution in [-0.2, 0) is 0 Å². The Morgan fingerprint density at radius 3 is 3.08 bits per heavy atom. The third-order valence-corrected chi connectivity index (χ3v) is 5.84. The Balaban J connectivity index is 1.40. The molecule has 0 spiro atoms. The van der Waals surface area contributed by atoms with E-state index >= 15 is 0 Å². The Labute approximate surface area is 151 Å². The highest BCUT2D eigenvalue weighted by molar-refractivity contribution is 7.33. The van der Waals surface area contributed by atoms with Crippen molar-refractivity contribution in [2.24, 2.45) is 0 Å². The molecule has 26 heavy (non-hydrogen) atoms. The second-order valence-electron chi connectivity index (χ2n) is 6.20. The van der Waals surface area contributed by atoms with Crippen molar-refractivity contribution in [2.75, 3.05) is 11.4 Å². The number of benzene rings is 1. The van der Waals surface area contributed by atoms with E-state index < -0.39 is 0 Å². The minimum Gasteiger partial charge on any atom is -0.473 e. The number of hydrogen-bond donors (Lipinski definition) is 1. The first-order valence-electron chi connectivity index (χ1n) is 8.57. The van der Waals surface area contributed by atoms with Crippen LogP contribution >= 0.6 is 8.81 Å². The number of nitrogens with zero attached hydrogens (tertiary/aromatic N) is 5. The smallest absolute Gasteiger partial charge is 0.182 e. The molecule has 1 unspecified atom stereocenters. The number of imidazole rings is 1. The van der Waals surface area contributed by atoms with Gasteiger partial charge in [0.2, 0.25) is 0 Å². The van der Waals surface area contributed by atoms with Crippen LogP contribution in [0.25, 0.3) is 22.1 Å². The van der Waals surface area contributed by atoms with Gasteiger partial charge in [0, 0.05) is 18.1 Å². The molecule has 0 aliphatic carbocycles. The zero-order chi connectivity index (χ0) is 17.3. The van der Waals surface area contributed by atoms with Crippen LogP contribution in [0.3, 0.4) is 0 Å². The number of fused-ring (bicyclic) bond motifs is 2. The van der Waals surface area contributed by atoms with Crippen LogP contribution < -0.4 is 9.42 Å². The van der Waals surface area contributed by atoms with Crippen molar-refractivity contribution in [1.29, 1.82) is 0 Å². The van der Waals surface area contributed by atoms with Crippen molar-refractivity contribution in [3.8, 4) is 5.75 Å². The van der Waals surface area contributed by atoms with Crippen LogP contribution in [0.15, 0.2) is 49.2 Å². The maximum Gasteiger partial charge on any atom is 0.182 e. The van der Waals surface area contributed by atoms with Gasteiger partial charge in [-0.15, -0.1) is 0 Å². The third kappa shape index (κ3) is 2.65. The van der Waals surface area contributed by atoms with E-state index in [1.54, 1.807) is 18.9 Å². The standard InChI is InChI=1S/C18H17N6OP/c1-4-12-5-2-8-19-15(12)13(6-1)25-26-14-7-3-9-24(14)18-16-17(21-10-20-16)22-11-23-18/h1-2,4-6,8,10-11,14,26H,3,7,9H2,(H,20,21,22,23)/t14-/m0/s1. The lowest BCUT2D eigenvalue weighted by molar-refractivity contribution is 0.619. The van der Waals surface area contributed by atoms with E-state index in [9.17, 15) is 0 Å². The molecule has 130 valence electrons. The van der Waals surface area contributed by atoms with Crippen LogP contribution in [0.5, 0.6) is 5.75 Å². The number of para-hydroxylation sites is 1. The molecule has 0 saturated carbocycles. The number of aromatic amines is 1. The van der Waals surface area contributed by atoms with Gasteiger partial charge in [-0.05, 0) is 25.0 Å². The summed E-state index contributed by atoms with van der Waals surface area (Å²) in [5, 5.41) is 1.09. The first-order valence-corrected chi connectivity index (χ1v) is 9.55. The summed E-state index contributed by atoms with van der Waals surface area (Å²) in [7, 11) is 0.304. The van der Waals surface area contributed by atoms with Gasteiger partial charge >= 0.3 is 0 Å². The molecular formula is C18H17N6OP. The number of nitrogens with one attached hydrogen (secondary N) is 1. The van der Waals surface area contributed by atoms with Crippen LogP contribution in [-0.4, -0.2) is 37.2 Å². The fourth-order valence-corrected chi connectivity index (χ4v) is 4.53. The molecule has 1 aromatic carbocycles. The molecule has 1 aliphatic heterocycles. The van der Waals surface area contributed by atoms with Crippen LogP contribution in [0.2, 0.25) is 0 Å². The lowest BCUT2D eigenvalue weighted by atomic mass is 10.2. The SMILES string of the molecule is c1cnc2c(OP[C@H]3CCCN3c3ncnc4nc[nH]c34)cccc2c1. The van der Waals surface area contributed by atoms with Crippen LogP contribution in [0, 0.1) is 0 Å². The Kier molecular flexibility index (Phi) is 3.87. The second kappa shape index (κ2) is 6.50. The Morgan fingerprint density at radius 2 is 2.08 bits per heavy atom. The van der Waals surface area contributed by atoms with Crippen molar-refractivity contribution >= 4 is 36.7 Å². The summed E-state index contributed by atoms with van der Waals surface area (Å²) >= 11 is 0. The minimum atomic E-state index is 0.287. The Bertz CT molecular complexity index is 1060. The van der Waals surface area contributed by atoms with Gasteiger partial charge in [-0.25, -0.2) is 15.0 Å². The monoisotopic (exact) mass is 364 g/mol. The molecule has 5 rings (SSSR count). The number of anilines is 1. The molecule has 3 aromatic heterocycles. The van der Waals surface area contributed by atoms with Crippen LogP contribution in [0.4, 0.5) is 5.82 Å². The normalized spacial score (nSPS) is 17.7. The average Bonchev–Trinajstić information content (AvgIpc) is 3.35. The van der Waals surface area contributed by atoms with E-state index in [1.807, 2.05) is 18.2 Å². The highest BCUT2D eigenvalue weighted by atomic mass is 31.1. The molecule has 1 aliphatic rings. The molecule has 7 nitrogen and oxygen atoms in total. The summed E-state index contributed by atoms with van der Waals surface area (Å²) in [5.74, 6) is 2.03. The third-order valence-electron chi connectivity index (χ3n) is 4.63. The van der Waals surface area contributed by atoms with E-state index in [4.69, 9.17) is 4.52 Å². The first kappa shape index (κ1) is 15.5. The maximum atomic E-state index is 6.20. The van der Waals surface area contributed by atoms with Crippen molar-refractivity contribution in [3.05, 3.63) is 49.2 Å². The molecule has 0 amide bonds. The predicted molar refractivity (Wildman–Crippen MR) is 103 cm³/mol. The first-order chi connectivity index (χ1) is 12.9. The second-order valence-corrected chi connectivity index (χ2v) is 7.31. The zero-order valence-corrected chi connectivity index (χ0v) is 15.0. The van der Waals surface area contributed by atoms with Gasteiger partial charge in [-0.3, -0.25) is 4.98 Å². The van der Waals surface area contributed by atoms with Crippen molar-refractivity contribution in [2.45, 2.75) is 18.6 Å². The van der Waals surface area contributed by atoms with Crippen molar-refractivity contribution < 1.29 is 4.52 Å². The van der Waals surface area contributed by atoms with E-state index in [2.05, 4.69) is 42.0 Å². The van der Waals surface area contributed by atoms with Crippen molar-refractivity contribution in [3.63, 3.8) is 0 Å².